The lowest BCUT2D eigenvalue weighted by molar-refractivity contribution is 0.146. The summed E-state index contributed by atoms with van der Waals surface area (Å²) in [6, 6.07) is 4.11. The molecule has 0 aliphatic rings. The summed E-state index contributed by atoms with van der Waals surface area (Å²) in [6.07, 6.45) is -2.69. The van der Waals surface area contributed by atoms with E-state index in [1.807, 2.05) is 0 Å². The van der Waals surface area contributed by atoms with Gasteiger partial charge in [-0.05, 0) is 18.2 Å². The number of hydrogen-bond acceptors (Lipinski definition) is 3. The summed E-state index contributed by atoms with van der Waals surface area (Å²) in [5.41, 5.74) is 2.50. The maximum Gasteiger partial charge on any atom is 0.280 e. The summed E-state index contributed by atoms with van der Waals surface area (Å²) in [6.45, 7) is 0. The minimum absolute atomic E-state index is 0.272. The van der Waals surface area contributed by atoms with Crippen LogP contribution in [0.15, 0.2) is 18.2 Å². The first-order valence-corrected chi connectivity index (χ1v) is 5.33. The number of nitrogens with one attached hydrogen (secondary N) is 1. The highest BCUT2D eigenvalue weighted by Crippen LogP contribution is 2.34. The van der Waals surface area contributed by atoms with Crippen molar-refractivity contribution < 1.29 is 8.78 Å². The number of hydrazine groups is 1. The van der Waals surface area contributed by atoms with E-state index in [0.717, 1.165) is 6.07 Å². The fourth-order valence-electron chi connectivity index (χ4n) is 1.53. The molecule has 7 heteroatoms. The largest absolute Gasteiger partial charge is 0.323 e. The second-order valence-corrected chi connectivity index (χ2v) is 4.17. The molecular weight excluding hydrogens is 271 g/mol. The second-order valence-electron chi connectivity index (χ2n) is 3.32. The Morgan fingerprint density at radius 3 is 2.53 bits per heavy atom. The first kappa shape index (κ1) is 12.3. The van der Waals surface area contributed by atoms with Crippen LogP contribution in [0.25, 0.3) is 10.9 Å². The Morgan fingerprint density at radius 2 is 1.94 bits per heavy atom. The molecule has 0 radical (unpaired) electrons. The van der Waals surface area contributed by atoms with Crippen LogP contribution in [0.2, 0.25) is 10.0 Å². The third kappa shape index (κ3) is 2.26. The highest BCUT2D eigenvalue weighted by Gasteiger charge is 2.15. The Bertz CT molecular complexity index is 575. The van der Waals surface area contributed by atoms with Crippen LogP contribution in [-0.4, -0.2) is 4.98 Å². The second kappa shape index (κ2) is 4.60. The van der Waals surface area contributed by atoms with E-state index in [2.05, 4.69) is 10.4 Å². The molecule has 3 nitrogen and oxygen atoms in total. The van der Waals surface area contributed by atoms with Gasteiger partial charge in [0.05, 0.1) is 16.2 Å². The van der Waals surface area contributed by atoms with Crippen LogP contribution in [0.3, 0.4) is 0 Å². The Kier molecular flexibility index (Phi) is 3.33. The number of hydrogen-bond donors (Lipinski definition) is 2. The van der Waals surface area contributed by atoms with Crippen LogP contribution in [-0.2, 0) is 0 Å². The molecule has 2 aromatic rings. The summed E-state index contributed by atoms with van der Waals surface area (Å²) in [5, 5.41) is 1.08. The van der Waals surface area contributed by atoms with Crippen molar-refractivity contribution in [3.8, 4) is 0 Å². The minimum atomic E-state index is -2.69. The lowest BCUT2D eigenvalue weighted by Gasteiger charge is -2.10. The summed E-state index contributed by atoms with van der Waals surface area (Å²) in [4.78, 5) is 3.79. The van der Waals surface area contributed by atoms with Crippen LogP contribution in [0.1, 0.15) is 12.1 Å². The zero-order valence-corrected chi connectivity index (χ0v) is 9.86. The summed E-state index contributed by atoms with van der Waals surface area (Å²) in [7, 11) is 0. The number of rotatable bonds is 2. The van der Waals surface area contributed by atoms with Gasteiger partial charge in [-0.2, -0.15) is 0 Å². The molecule has 3 N–H and O–H groups in total. The van der Waals surface area contributed by atoms with Gasteiger partial charge in [0.1, 0.15) is 5.69 Å². The predicted molar refractivity (Wildman–Crippen MR) is 64.5 cm³/mol. The van der Waals surface area contributed by atoms with Gasteiger partial charge in [0.15, 0.2) is 0 Å². The number of alkyl halides is 2. The summed E-state index contributed by atoms with van der Waals surface area (Å²) < 4.78 is 25.2. The normalized spacial score (nSPS) is 11.2. The van der Waals surface area contributed by atoms with Gasteiger partial charge in [0.25, 0.3) is 6.43 Å². The molecule has 0 amide bonds. The zero-order chi connectivity index (χ0) is 12.6. The molecule has 2 rings (SSSR count). The third-order valence-corrected chi connectivity index (χ3v) is 2.74. The average molecular weight is 278 g/mol. The van der Waals surface area contributed by atoms with Crippen LogP contribution >= 0.6 is 23.2 Å². The number of fused-ring (bicyclic) bond motifs is 1. The Labute approximate surface area is 105 Å². The molecule has 0 saturated heterocycles. The SMILES string of the molecule is NNc1cc(C(F)F)nc2cc(Cl)cc(Cl)c12. The quantitative estimate of drug-likeness (QED) is 0.649. The monoisotopic (exact) mass is 277 g/mol. The summed E-state index contributed by atoms with van der Waals surface area (Å²) >= 11 is 11.8. The molecule has 0 spiro atoms. The van der Waals surface area contributed by atoms with E-state index in [1.165, 1.54) is 12.1 Å². The van der Waals surface area contributed by atoms with Crippen molar-refractivity contribution >= 4 is 39.8 Å². The molecule has 0 fully saturated rings. The van der Waals surface area contributed by atoms with E-state index in [4.69, 9.17) is 29.0 Å². The predicted octanol–water partition coefficient (Wildman–Crippen LogP) is 3.76. The van der Waals surface area contributed by atoms with E-state index >= 15 is 0 Å². The smallest absolute Gasteiger partial charge is 0.280 e. The molecular formula is C10H7Cl2F2N3. The lowest BCUT2D eigenvalue weighted by atomic mass is 10.1. The Morgan fingerprint density at radius 1 is 1.24 bits per heavy atom. The maximum atomic E-state index is 12.6. The van der Waals surface area contributed by atoms with E-state index in [9.17, 15) is 8.78 Å². The molecule has 0 saturated carbocycles. The first-order valence-electron chi connectivity index (χ1n) is 4.57. The van der Waals surface area contributed by atoms with Crippen LogP contribution in [0, 0.1) is 0 Å². The number of aromatic nitrogens is 1. The highest BCUT2D eigenvalue weighted by molar-refractivity contribution is 6.39. The van der Waals surface area contributed by atoms with Gasteiger partial charge in [0, 0.05) is 10.4 Å². The van der Waals surface area contributed by atoms with E-state index in [1.54, 1.807) is 0 Å². The molecule has 0 unspecified atom stereocenters. The highest BCUT2D eigenvalue weighted by atomic mass is 35.5. The molecule has 90 valence electrons. The topological polar surface area (TPSA) is 50.9 Å². The molecule has 1 aromatic carbocycles. The first-order chi connectivity index (χ1) is 8.02. The van der Waals surface area contributed by atoms with Crippen molar-refractivity contribution in [3.05, 3.63) is 33.9 Å². The molecule has 1 aromatic heterocycles. The molecule has 0 bridgehead atoms. The number of halogens is 4. The van der Waals surface area contributed by atoms with Crippen molar-refractivity contribution in [2.24, 2.45) is 5.84 Å². The standard InChI is InChI=1S/C10H7Cl2F2N3/c11-4-1-5(12)9-6(2-4)16-8(10(13)14)3-7(9)17-15/h1-3,10H,15H2,(H,16,17). The number of nitrogens with zero attached hydrogens (tertiary/aromatic N) is 1. The number of nitrogen functional groups attached to an aromatic ring is 1. The molecule has 0 aliphatic heterocycles. The van der Waals surface area contributed by atoms with E-state index in [0.29, 0.717) is 15.4 Å². The Balaban J connectivity index is 2.82. The summed E-state index contributed by atoms with van der Waals surface area (Å²) in [5.74, 6) is 5.28. The zero-order valence-electron chi connectivity index (χ0n) is 8.35. The number of anilines is 1. The minimum Gasteiger partial charge on any atom is -0.323 e. The van der Waals surface area contributed by atoms with E-state index in [-0.39, 0.29) is 16.9 Å². The average Bonchev–Trinajstić information content (AvgIpc) is 2.26. The lowest BCUT2D eigenvalue weighted by Crippen LogP contribution is -2.08. The number of benzene rings is 1. The van der Waals surface area contributed by atoms with Gasteiger partial charge in [-0.1, -0.05) is 23.2 Å². The number of nitrogens with two attached hydrogens (primary N) is 1. The fraction of sp³-hybridized carbons (Fsp3) is 0.100. The fourth-order valence-corrected chi connectivity index (χ4v) is 2.12. The van der Waals surface area contributed by atoms with E-state index < -0.39 is 6.43 Å². The number of pyridine rings is 1. The van der Waals surface area contributed by atoms with Gasteiger partial charge >= 0.3 is 0 Å². The molecule has 1 heterocycles. The van der Waals surface area contributed by atoms with Gasteiger partial charge in [-0.3, -0.25) is 5.84 Å². The van der Waals surface area contributed by atoms with Crippen LogP contribution in [0.5, 0.6) is 0 Å². The maximum absolute atomic E-state index is 12.6. The van der Waals surface area contributed by atoms with Crippen molar-refractivity contribution in [1.82, 2.24) is 4.98 Å². The molecule has 0 atom stereocenters. The van der Waals surface area contributed by atoms with Crippen molar-refractivity contribution in [1.29, 1.82) is 0 Å². The molecule has 0 aliphatic carbocycles. The third-order valence-electron chi connectivity index (χ3n) is 2.22. The van der Waals surface area contributed by atoms with Crippen LogP contribution in [0.4, 0.5) is 14.5 Å². The van der Waals surface area contributed by atoms with Crippen molar-refractivity contribution in [2.45, 2.75) is 6.43 Å². The van der Waals surface area contributed by atoms with Gasteiger partial charge in [0.2, 0.25) is 0 Å². The Hall–Kier alpha value is -1.17. The molecule has 17 heavy (non-hydrogen) atoms. The van der Waals surface area contributed by atoms with Gasteiger partial charge in [-0.25, -0.2) is 13.8 Å². The van der Waals surface area contributed by atoms with Crippen molar-refractivity contribution in [3.63, 3.8) is 0 Å². The van der Waals surface area contributed by atoms with Gasteiger partial charge < -0.3 is 5.43 Å². The van der Waals surface area contributed by atoms with Crippen molar-refractivity contribution in [2.75, 3.05) is 5.43 Å². The van der Waals surface area contributed by atoms with Crippen LogP contribution < -0.4 is 11.3 Å². The van der Waals surface area contributed by atoms with Gasteiger partial charge in [-0.15, -0.1) is 0 Å².